The number of rotatable bonds is 6. The zero-order chi connectivity index (χ0) is 31.9. The molecule has 3 aromatic heterocycles. The fraction of sp³-hybridized carbons (Fsp3) is 0. The van der Waals surface area contributed by atoms with Crippen molar-refractivity contribution >= 4 is 42.8 Å². The Balaban J connectivity index is 1.19. The summed E-state index contributed by atoms with van der Waals surface area (Å²) < 4.78 is 2.63. The smallest absolute Gasteiger partial charge is 0.164 e. The quantitative estimate of drug-likeness (QED) is 0.180. The molecule has 0 bridgehead atoms. The maximum atomic E-state index is 4.93. The highest BCUT2D eigenvalue weighted by molar-refractivity contribution is 7.23. The van der Waals surface area contributed by atoms with Gasteiger partial charge in [0.05, 0.1) is 0 Å². The van der Waals surface area contributed by atoms with Crippen LogP contribution in [0.1, 0.15) is 0 Å². The van der Waals surface area contributed by atoms with Crippen LogP contribution in [0.4, 0.5) is 0 Å². The summed E-state index contributed by atoms with van der Waals surface area (Å²) in [6.07, 6.45) is 0. The summed E-state index contributed by atoms with van der Waals surface area (Å²) in [5.74, 6) is 1.98. The molecule has 5 heteroatoms. The first kappa shape index (κ1) is 28.5. The van der Waals surface area contributed by atoms with Crippen molar-refractivity contribution in [2.45, 2.75) is 0 Å². The number of fused-ring (bicyclic) bond motifs is 2. The van der Waals surface area contributed by atoms with Gasteiger partial charge in [-0.3, -0.25) is 0 Å². The van der Waals surface area contributed by atoms with E-state index < -0.39 is 0 Å². The number of hydrogen-bond acceptors (Lipinski definition) is 5. The number of aromatic nitrogens is 3. The van der Waals surface area contributed by atoms with Crippen LogP contribution in [0.25, 0.3) is 87.0 Å². The Morgan fingerprint density at radius 1 is 0.354 bits per heavy atom. The van der Waals surface area contributed by atoms with Gasteiger partial charge in [-0.25, -0.2) is 15.0 Å². The van der Waals surface area contributed by atoms with E-state index in [4.69, 9.17) is 15.0 Å². The normalized spacial score (nSPS) is 11.3. The van der Waals surface area contributed by atoms with Gasteiger partial charge in [-0.1, -0.05) is 146 Å². The molecule has 0 spiro atoms. The Kier molecular flexibility index (Phi) is 7.19. The number of hydrogen-bond donors (Lipinski definition) is 0. The summed E-state index contributed by atoms with van der Waals surface area (Å²) in [7, 11) is 0. The van der Waals surface area contributed by atoms with Gasteiger partial charge in [-0.2, -0.15) is 0 Å². The molecule has 3 heterocycles. The van der Waals surface area contributed by atoms with E-state index in [0.717, 1.165) is 16.7 Å². The Hall–Kier alpha value is -5.75. The minimum Gasteiger partial charge on any atom is -0.208 e. The molecule has 3 nitrogen and oxygen atoms in total. The molecule has 0 aliphatic rings. The zero-order valence-electron chi connectivity index (χ0n) is 25.7. The predicted octanol–water partition coefficient (Wildman–Crippen LogP) is 12.3. The molecule has 0 amide bonds. The van der Waals surface area contributed by atoms with Crippen molar-refractivity contribution in [1.82, 2.24) is 15.0 Å². The third-order valence-electron chi connectivity index (χ3n) is 8.64. The van der Waals surface area contributed by atoms with E-state index in [-0.39, 0.29) is 0 Å². The SMILES string of the molecule is c1ccc(-c2nc(-c3ccccc3)nc(-c3ccc(-c4cc5c(-c6ccccc6)c6sccc6c(-c6ccccc6)c5s4)cc3)n2)cc1. The third kappa shape index (κ3) is 5.10. The topological polar surface area (TPSA) is 38.7 Å². The molecule has 0 aliphatic heterocycles. The van der Waals surface area contributed by atoms with Crippen LogP contribution in [0.3, 0.4) is 0 Å². The second-order valence-electron chi connectivity index (χ2n) is 11.6. The van der Waals surface area contributed by atoms with Gasteiger partial charge in [-0.15, -0.1) is 22.7 Å². The fourth-order valence-corrected chi connectivity index (χ4v) is 8.59. The largest absolute Gasteiger partial charge is 0.208 e. The van der Waals surface area contributed by atoms with Crippen LogP contribution in [0.2, 0.25) is 0 Å². The van der Waals surface area contributed by atoms with Crippen molar-refractivity contribution in [2.24, 2.45) is 0 Å². The highest BCUT2D eigenvalue weighted by Gasteiger charge is 2.21. The van der Waals surface area contributed by atoms with E-state index in [9.17, 15) is 0 Å². The van der Waals surface area contributed by atoms with Crippen molar-refractivity contribution in [3.63, 3.8) is 0 Å². The number of nitrogens with zero attached hydrogens (tertiary/aromatic N) is 3. The minimum absolute atomic E-state index is 0.656. The van der Waals surface area contributed by atoms with E-state index in [2.05, 4.69) is 102 Å². The van der Waals surface area contributed by atoms with Crippen molar-refractivity contribution in [3.05, 3.63) is 163 Å². The molecule has 0 atom stereocenters. The Bertz CT molecular complexity index is 2370. The van der Waals surface area contributed by atoms with Crippen LogP contribution in [0.15, 0.2) is 163 Å². The van der Waals surface area contributed by atoms with Gasteiger partial charge in [0.25, 0.3) is 0 Å². The van der Waals surface area contributed by atoms with E-state index in [1.165, 1.54) is 52.9 Å². The van der Waals surface area contributed by atoms with Crippen molar-refractivity contribution in [2.75, 3.05) is 0 Å². The summed E-state index contributed by atoms with van der Waals surface area (Å²) in [4.78, 5) is 16.0. The van der Waals surface area contributed by atoms with Gasteiger partial charge in [0, 0.05) is 52.9 Å². The maximum Gasteiger partial charge on any atom is 0.164 e. The van der Waals surface area contributed by atoms with Crippen LogP contribution >= 0.6 is 22.7 Å². The first-order valence-electron chi connectivity index (χ1n) is 15.9. The highest BCUT2D eigenvalue weighted by atomic mass is 32.1. The summed E-state index contributed by atoms with van der Waals surface area (Å²) in [6, 6.07) is 55.1. The molecular formula is C43H27N3S2. The summed E-state index contributed by atoms with van der Waals surface area (Å²) in [6.45, 7) is 0. The molecule has 0 aliphatic carbocycles. The fourth-order valence-electron chi connectivity index (χ4n) is 6.35. The average Bonchev–Trinajstić information content (AvgIpc) is 3.83. The van der Waals surface area contributed by atoms with Gasteiger partial charge in [-0.05, 0) is 34.2 Å². The molecular weight excluding hydrogens is 623 g/mol. The predicted molar refractivity (Wildman–Crippen MR) is 203 cm³/mol. The molecule has 0 unspecified atom stereocenters. The molecule has 0 saturated carbocycles. The van der Waals surface area contributed by atoms with E-state index in [0.29, 0.717) is 17.5 Å². The van der Waals surface area contributed by atoms with Crippen molar-refractivity contribution < 1.29 is 0 Å². The Morgan fingerprint density at radius 2 is 0.771 bits per heavy atom. The van der Waals surface area contributed by atoms with Crippen molar-refractivity contribution in [1.29, 1.82) is 0 Å². The van der Waals surface area contributed by atoms with Crippen LogP contribution in [-0.2, 0) is 0 Å². The number of thiophene rings is 2. The second-order valence-corrected chi connectivity index (χ2v) is 13.6. The summed E-state index contributed by atoms with van der Waals surface area (Å²) in [5.41, 5.74) is 9.14. The highest BCUT2D eigenvalue weighted by Crippen LogP contribution is 2.50. The van der Waals surface area contributed by atoms with Crippen LogP contribution < -0.4 is 0 Å². The lowest BCUT2D eigenvalue weighted by Crippen LogP contribution is -2.00. The van der Waals surface area contributed by atoms with E-state index in [1.54, 1.807) is 0 Å². The summed E-state index contributed by atoms with van der Waals surface area (Å²) in [5, 5.41) is 4.82. The number of benzene rings is 6. The molecule has 0 radical (unpaired) electrons. The lowest BCUT2D eigenvalue weighted by atomic mass is 9.93. The van der Waals surface area contributed by atoms with Crippen LogP contribution in [0.5, 0.6) is 0 Å². The van der Waals surface area contributed by atoms with E-state index >= 15 is 0 Å². The first-order valence-corrected chi connectivity index (χ1v) is 17.5. The summed E-state index contributed by atoms with van der Waals surface area (Å²) >= 11 is 3.69. The first-order chi connectivity index (χ1) is 23.8. The Labute approximate surface area is 286 Å². The molecule has 0 saturated heterocycles. The standard InChI is InChI=1S/C43H27N3S2/c1-5-13-29(14-6-1)37-34-25-26-47-39(34)38(30-15-7-2-8-16-30)35-27-36(48-40(35)37)28-21-23-33(24-22-28)43-45-41(31-17-9-3-10-18-31)44-42(46-43)32-19-11-4-12-20-32/h1-27H. The minimum atomic E-state index is 0.656. The molecule has 9 aromatic rings. The maximum absolute atomic E-state index is 4.93. The monoisotopic (exact) mass is 649 g/mol. The lowest BCUT2D eigenvalue weighted by molar-refractivity contribution is 1.07. The average molecular weight is 650 g/mol. The van der Waals surface area contributed by atoms with Crippen molar-refractivity contribution in [3.8, 4) is 66.9 Å². The molecule has 0 fully saturated rings. The van der Waals surface area contributed by atoms with Gasteiger partial charge in [0.1, 0.15) is 0 Å². The zero-order valence-corrected chi connectivity index (χ0v) is 27.4. The lowest BCUT2D eigenvalue weighted by Gasteiger charge is -2.12. The molecule has 9 rings (SSSR count). The second kappa shape index (κ2) is 12.1. The van der Waals surface area contributed by atoms with Gasteiger partial charge >= 0.3 is 0 Å². The van der Waals surface area contributed by atoms with Crippen LogP contribution in [-0.4, -0.2) is 15.0 Å². The van der Waals surface area contributed by atoms with E-state index in [1.807, 2.05) is 83.3 Å². The third-order valence-corrected chi connectivity index (χ3v) is 10.8. The molecule has 226 valence electrons. The molecule has 0 N–H and O–H groups in total. The molecule has 48 heavy (non-hydrogen) atoms. The van der Waals surface area contributed by atoms with Crippen LogP contribution in [0, 0.1) is 0 Å². The Morgan fingerprint density at radius 3 is 1.27 bits per heavy atom. The molecule has 6 aromatic carbocycles. The van der Waals surface area contributed by atoms with Gasteiger partial charge in [0.2, 0.25) is 0 Å². The van der Waals surface area contributed by atoms with Gasteiger partial charge in [0.15, 0.2) is 17.5 Å². The van der Waals surface area contributed by atoms with Gasteiger partial charge < -0.3 is 0 Å².